The minimum absolute atomic E-state index is 0.0316. The van der Waals surface area contributed by atoms with E-state index in [1.54, 1.807) is 36.4 Å². The molecular weight excluding hydrogens is 256 g/mol. The monoisotopic (exact) mass is 272 g/mol. The molecule has 0 amide bonds. The third-order valence-corrected chi connectivity index (χ3v) is 2.49. The van der Waals surface area contributed by atoms with E-state index in [0.29, 0.717) is 11.1 Å². The summed E-state index contributed by atoms with van der Waals surface area (Å²) in [4.78, 5) is 21.4. The van der Waals surface area contributed by atoms with Gasteiger partial charge in [-0.3, -0.25) is 9.59 Å². The smallest absolute Gasteiger partial charge is 0.188 e. The molecule has 2 aromatic carbocycles. The first kappa shape index (κ1) is 15.6. The molecule has 0 aliphatic carbocycles. The average Bonchev–Trinajstić information content (AvgIpc) is 2.48. The van der Waals surface area contributed by atoms with Crippen LogP contribution in [-0.4, -0.2) is 28.4 Å². The van der Waals surface area contributed by atoms with Gasteiger partial charge in [-0.05, 0) is 19.1 Å². The van der Waals surface area contributed by atoms with E-state index in [1.807, 2.05) is 6.07 Å². The molecule has 2 aromatic rings. The Morgan fingerprint density at radius 2 is 1.55 bits per heavy atom. The summed E-state index contributed by atoms with van der Waals surface area (Å²) in [5, 5.41) is 17.3. The molecule has 0 radical (unpaired) electrons. The number of aliphatic hydroxyl groups is 1. The van der Waals surface area contributed by atoms with Gasteiger partial charge >= 0.3 is 0 Å². The number of phenolic OH excluding ortho intramolecular Hbond substituents is 1. The zero-order valence-electron chi connectivity index (χ0n) is 11.1. The molecule has 0 bridgehead atoms. The largest absolute Gasteiger partial charge is 0.508 e. The average molecular weight is 272 g/mol. The fourth-order valence-corrected chi connectivity index (χ4v) is 1.44. The Balaban J connectivity index is 0.000000200. The summed E-state index contributed by atoms with van der Waals surface area (Å²) in [7, 11) is 0. The van der Waals surface area contributed by atoms with Crippen LogP contribution in [-0.2, 0) is 0 Å². The van der Waals surface area contributed by atoms with Crippen LogP contribution in [0.15, 0.2) is 54.6 Å². The second-order valence-corrected chi connectivity index (χ2v) is 4.05. The minimum atomic E-state index is -0.413. The molecule has 0 aliphatic heterocycles. The van der Waals surface area contributed by atoms with E-state index in [2.05, 4.69) is 0 Å². The molecule has 104 valence electrons. The normalized spacial score (nSPS) is 9.30. The molecule has 0 unspecified atom stereocenters. The Hall–Kier alpha value is -2.46. The van der Waals surface area contributed by atoms with Gasteiger partial charge in [-0.2, -0.15) is 0 Å². The number of ketones is 2. The standard InChI is InChI=1S/2C8H8O2/c1-6(9)7-3-2-4-8(10)5-7;9-6-8(10)7-4-2-1-3-5-7/h2-5,10H,1H3;1-5,9H,6H2. The molecule has 0 saturated heterocycles. The molecule has 0 aliphatic rings. The number of hydrogen-bond donors (Lipinski definition) is 2. The Labute approximate surface area is 117 Å². The van der Waals surface area contributed by atoms with Gasteiger partial charge in [-0.15, -0.1) is 0 Å². The minimum Gasteiger partial charge on any atom is -0.508 e. The number of aliphatic hydroxyl groups excluding tert-OH is 1. The lowest BCUT2D eigenvalue weighted by molar-refractivity contribution is 0.0903. The van der Waals surface area contributed by atoms with Crippen molar-refractivity contribution in [3.05, 3.63) is 65.7 Å². The van der Waals surface area contributed by atoms with Crippen LogP contribution >= 0.6 is 0 Å². The van der Waals surface area contributed by atoms with Crippen LogP contribution in [0.4, 0.5) is 0 Å². The zero-order valence-corrected chi connectivity index (χ0v) is 11.1. The predicted octanol–water partition coefficient (Wildman–Crippen LogP) is 2.46. The van der Waals surface area contributed by atoms with Crippen LogP contribution in [0.1, 0.15) is 27.6 Å². The maximum absolute atomic E-state index is 10.8. The van der Waals surface area contributed by atoms with E-state index in [0.717, 1.165) is 0 Å². The first-order chi connectivity index (χ1) is 9.54. The lowest BCUT2D eigenvalue weighted by Crippen LogP contribution is -2.02. The lowest BCUT2D eigenvalue weighted by atomic mass is 10.1. The van der Waals surface area contributed by atoms with Gasteiger partial charge in [0.15, 0.2) is 11.6 Å². The number of aromatic hydroxyl groups is 1. The zero-order chi connectivity index (χ0) is 15.0. The maximum Gasteiger partial charge on any atom is 0.188 e. The third-order valence-electron chi connectivity index (χ3n) is 2.49. The summed E-state index contributed by atoms with van der Waals surface area (Å²) in [6, 6.07) is 15.0. The van der Waals surface area contributed by atoms with Gasteiger partial charge < -0.3 is 10.2 Å². The topological polar surface area (TPSA) is 74.6 Å². The summed E-state index contributed by atoms with van der Waals surface area (Å²) in [6.07, 6.45) is 0. The van der Waals surface area contributed by atoms with E-state index >= 15 is 0 Å². The van der Waals surface area contributed by atoms with Crippen LogP contribution < -0.4 is 0 Å². The van der Waals surface area contributed by atoms with Gasteiger partial charge in [0.25, 0.3) is 0 Å². The van der Waals surface area contributed by atoms with Crippen LogP contribution in [0.5, 0.6) is 5.75 Å². The van der Waals surface area contributed by atoms with Gasteiger partial charge in [0, 0.05) is 11.1 Å². The van der Waals surface area contributed by atoms with Crippen molar-refractivity contribution < 1.29 is 19.8 Å². The second-order valence-electron chi connectivity index (χ2n) is 4.05. The van der Waals surface area contributed by atoms with E-state index < -0.39 is 6.61 Å². The summed E-state index contributed by atoms with van der Waals surface area (Å²) in [6.45, 7) is 1.05. The lowest BCUT2D eigenvalue weighted by Gasteiger charge is -1.93. The molecule has 2 N–H and O–H groups in total. The second kappa shape index (κ2) is 7.86. The SMILES string of the molecule is CC(=O)c1cccc(O)c1.O=C(CO)c1ccccc1. The number of rotatable bonds is 3. The van der Waals surface area contributed by atoms with Crippen molar-refractivity contribution in [1.29, 1.82) is 0 Å². The highest BCUT2D eigenvalue weighted by molar-refractivity contribution is 5.96. The Bertz CT molecular complexity index is 576. The molecule has 4 heteroatoms. The van der Waals surface area contributed by atoms with Gasteiger partial charge in [-0.25, -0.2) is 0 Å². The number of carbonyl (C=O) groups excluding carboxylic acids is 2. The van der Waals surface area contributed by atoms with Crippen molar-refractivity contribution in [3.8, 4) is 5.75 Å². The first-order valence-electron chi connectivity index (χ1n) is 6.03. The van der Waals surface area contributed by atoms with E-state index in [9.17, 15) is 9.59 Å². The molecule has 0 saturated carbocycles. The summed E-state index contributed by atoms with van der Waals surface area (Å²) < 4.78 is 0. The van der Waals surface area contributed by atoms with Crippen LogP contribution in [0.25, 0.3) is 0 Å². The Morgan fingerprint density at radius 3 is 2.00 bits per heavy atom. The number of Topliss-reactive ketones (excluding diaryl/α,β-unsaturated/α-hetero) is 2. The summed E-state index contributed by atoms with van der Waals surface area (Å²) in [5.41, 5.74) is 1.10. The quantitative estimate of drug-likeness (QED) is 0.842. The van der Waals surface area contributed by atoms with Crippen molar-refractivity contribution in [2.45, 2.75) is 6.92 Å². The molecular formula is C16H16O4. The number of benzene rings is 2. The van der Waals surface area contributed by atoms with Crippen molar-refractivity contribution in [1.82, 2.24) is 0 Å². The van der Waals surface area contributed by atoms with Crippen LogP contribution in [0, 0.1) is 0 Å². The summed E-state index contributed by atoms with van der Waals surface area (Å²) in [5.74, 6) is -0.135. The molecule has 20 heavy (non-hydrogen) atoms. The van der Waals surface area contributed by atoms with Crippen molar-refractivity contribution >= 4 is 11.6 Å². The van der Waals surface area contributed by atoms with Crippen molar-refractivity contribution in [3.63, 3.8) is 0 Å². The van der Waals surface area contributed by atoms with Crippen molar-refractivity contribution in [2.24, 2.45) is 0 Å². The van der Waals surface area contributed by atoms with E-state index in [1.165, 1.54) is 19.1 Å². The number of hydrogen-bond acceptors (Lipinski definition) is 4. The molecule has 0 aromatic heterocycles. The molecule has 0 spiro atoms. The van der Waals surface area contributed by atoms with E-state index in [4.69, 9.17) is 10.2 Å². The van der Waals surface area contributed by atoms with Gasteiger partial charge in [0.05, 0.1) is 0 Å². The number of phenols is 1. The highest BCUT2D eigenvalue weighted by Gasteiger charge is 2.00. The first-order valence-corrected chi connectivity index (χ1v) is 6.03. The molecule has 0 fully saturated rings. The van der Waals surface area contributed by atoms with Crippen LogP contribution in [0.2, 0.25) is 0 Å². The number of carbonyl (C=O) groups is 2. The third kappa shape index (κ3) is 5.04. The fourth-order valence-electron chi connectivity index (χ4n) is 1.44. The van der Waals surface area contributed by atoms with Crippen LogP contribution in [0.3, 0.4) is 0 Å². The van der Waals surface area contributed by atoms with Crippen molar-refractivity contribution in [2.75, 3.05) is 6.61 Å². The molecule has 4 nitrogen and oxygen atoms in total. The molecule has 0 heterocycles. The Morgan fingerprint density at radius 1 is 0.950 bits per heavy atom. The summed E-state index contributed by atoms with van der Waals surface area (Å²) >= 11 is 0. The van der Waals surface area contributed by atoms with Gasteiger partial charge in [0.2, 0.25) is 0 Å². The van der Waals surface area contributed by atoms with Gasteiger partial charge in [-0.1, -0.05) is 42.5 Å². The molecule has 2 rings (SSSR count). The van der Waals surface area contributed by atoms with E-state index in [-0.39, 0.29) is 17.3 Å². The fraction of sp³-hybridized carbons (Fsp3) is 0.125. The highest BCUT2D eigenvalue weighted by Crippen LogP contribution is 2.10. The predicted molar refractivity (Wildman–Crippen MR) is 76.0 cm³/mol. The maximum atomic E-state index is 10.8. The highest BCUT2D eigenvalue weighted by atomic mass is 16.3. The molecule has 0 atom stereocenters. The van der Waals surface area contributed by atoms with Gasteiger partial charge in [0.1, 0.15) is 12.4 Å². The Kier molecular flexibility index (Phi) is 6.13.